The second kappa shape index (κ2) is 4.88. The number of nitrogen functional groups attached to an aromatic ring is 1. The molecule has 0 saturated heterocycles. The van der Waals surface area contributed by atoms with Gasteiger partial charge in [-0.3, -0.25) is 4.79 Å². The third-order valence-corrected chi connectivity index (χ3v) is 1.85. The van der Waals surface area contributed by atoms with Gasteiger partial charge in [0.25, 0.3) is 0 Å². The minimum atomic E-state index is -0.200. The second-order valence-corrected chi connectivity index (χ2v) is 4.78. The first-order chi connectivity index (χ1) is 7.37. The van der Waals surface area contributed by atoms with Crippen LogP contribution < -0.4 is 16.4 Å². The first-order valence-corrected chi connectivity index (χ1v) is 5.27. The molecule has 4 N–H and O–H groups in total. The van der Waals surface area contributed by atoms with E-state index in [1.54, 1.807) is 12.1 Å². The molecule has 1 rings (SSSR count). The van der Waals surface area contributed by atoms with Crippen molar-refractivity contribution < 1.29 is 4.79 Å². The number of hydrogen-bond acceptors (Lipinski definition) is 3. The average molecular weight is 221 g/mol. The Labute approximate surface area is 96.2 Å². The van der Waals surface area contributed by atoms with Gasteiger partial charge in [0.2, 0.25) is 5.91 Å². The van der Waals surface area contributed by atoms with E-state index in [9.17, 15) is 4.79 Å². The van der Waals surface area contributed by atoms with Gasteiger partial charge in [-0.15, -0.1) is 0 Å². The van der Waals surface area contributed by atoms with Gasteiger partial charge in [-0.1, -0.05) is 6.07 Å². The van der Waals surface area contributed by atoms with Crippen LogP contribution in [-0.4, -0.2) is 18.0 Å². The molecule has 0 radical (unpaired) electrons. The number of rotatable bonds is 3. The molecule has 0 saturated carbocycles. The van der Waals surface area contributed by atoms with Crippen molar-refractivity contribution in [2.75, 3.05) is 17.6 Å². The topological polar surface area (TPSA) is 67.2 Å². The minimum absolute atomic E-state index is 0.0325. The smallest absolute Gasteiger partial charge is 0.239 e. The highest BCUT2D eigenvalue weighted by molar-refractivity contribution is 5.81. The van der Waals surface area contributed by atoms with E-state index in [0.29, 0.717) is 5.69 Å². The van der Waals surface area contributed by atoms with Gasteiger partial charge >= 0.3 is 0 Å². The van der Waals surface area contributed by atoms with Crippen molar-refractivity contribution in [2.45, 2.75) is 26.3 Å². The Morgan fingerprint density at radius 1 is 1.38 bits per heavy atom. The molecule has 88 valence electrons. The first kappa shape index (κ1) is 12.4. The highest BCUT2D eigenvalue weighted by Crippen LogP contribution is 2.11. The highest BCUT2D eigenvalue weighted by atomic mass is 16.2. The Balaban J connectivity index is 2.43. The zero-order valence-electron chi connectivity index (χ0n) is 10.0. The average Bonchev–Trinajstić information content (AvgIpc) is 2.12. The predicted octanol–water partition coefficient (Wildman–Crippen LogP) is 1.60. The minimum Gasteiger partial charge on any atom is -0.399 e. The lowest BCUT2D eigenvalue weighted by molar-refractivity contribution is -0.120. The van der Waals surface area contributed by atoms with E-state index in [0.717, 1.165) is 5.69 Å². The van der Waals surface area contributed by atoms with Crippen LogP contribution in [0.25, 0.3) is 0 Å². The van der Waals surface area contributed by atoms with Gasteiger partial charge < -0.3 is 16.4 Å². The molecule has 0 spiro atoms. The predicted molar refractivity (Wildman–Crippen MR) is 67.2 cm³/mol. The van der Waals surface area contributed by atoms with E-state index in [4.69, 9.17) is 5.73 Å². The van der Waals surface area contributed by atoms with Crippen molar-refractivity contribution in [3.8, 4) is 0 Å². The lowest BCUT2D eigenvalue weighted by Crippen LogP contribution is -2.43. The summed E-state index contributed by atoms with van der Waals surface area (Å²) >= 11 is 0. The SMILES string of the molecule is CC(C)(C)NC(=O)CNc1cccc(N)c1. The highest BCUT2D eigenvalue weighted by Gasteiger charge is 2.12. The van der Waals surface area contributed by atoms with Crippen LogP contribution in [0.3, 0.4) is 0 Å². The van der Waals surface area contributed by atoms with E-state index in [2.05, 4.69) is 10.6 Å². The molecule has 16 heavy (non-hydrogen) atoms. The molecular weight excluding hydrogens is 202 g/mol. The van der Waals surface area contributed by atoms with Crippen LogP contribution in [0.1, 0.15) is 20.8 Å². The maximum Gasteiger partial charge on any atom is 0.239 e. The summed E-state index contributed by atoms with van der Waals surface area (Å²) < 4.78 is 0. The van der Waals surface area contributed by atoms with Crippen LogP contribution in [0, 0.1) is 0 Å². The molecule has 0 fully saturated rings. The third-order valence-electron chi connectivity index (χ3n) is 1.85. The molecule has 1 aromatic carbocycles. The summed E-state index contributed by atoms with van der Waals surface area (Å²) in [4.78, 5) is 11.5. The standard InChI is InChI=1S/C12H19N3O/c1-12(2,3)15-11(16)8-14-10-6-4-5-9(13)7-10/h4-7,14H,8,13H2,1-3H3,(H,15,16). The van der Waals surface area contributed by atoms with E-state index in [1.165, 1.54) is 0 Å². The Kier molecular flexibility index (Phi) is 3.77. The van der Waals surface area contributed by atoms with Crippen LogP contribution in [0.15, 0.2) is 24.3 Å². The summed E-state index contributed by atoms with van der Waals surface area (Å²) in [7, 11) is 0. The molecule has 4 nitrogen and oxygen atoms in total. The number of amides is 1. The van der Waals surface area contributed by atoms with Gasteiger partial charge in [0.05, 0.1) is 6.54 Å². The van der Waals surface area contributed by atoms with Gasteiger partial charge in [0.15, 0.2) is 0 Å². The number of nitrogens with two attached hydrogens (primary N) is 1. The van der Waals surface area contributed by atoms with Crippen LogP contribution in [0.4, 0.5) is 11.4 Å². The molecule has 0 atom stereocenters. The number of benzene rings is 1. The van der Waals surface area contributed by atoms with E-state index in [-0.39, 0.29) is 18.0 Å². The molecule has 0 aliphatic rings. The van der Waals surface area contributed by atoms with Gasteiger partial charge in [0, 0.05) is 16.9 Å². The monoisotopic (exact) mass is 221 g/mol. The van der Waals surface area contributed by atoms with Crippen LogP contribution in [0.2, 0.25) is 0 Å². The number of carbonyl (C=O) groups is 1. The molecule has 0 aliphatic carbocycles. The van der Waals surface area contributed by atoms with Crippen molar-refractivity contribution in [2.24, 2.45) is 0 Å². The van der Waals surface area contributed by atoms with Gasteiger partial charge in [-0.2, -0.15) is 0 Å². The first-order valence-electron chi connectivity index (χ1n) is 5.27. The molecule has 0 aromatic heterocycles. The summed E-state index contributed by atoms with van der Waals surface area (Å²) in [6, 6.07) is 7.32. The van der Waals surface area contributed by atoms with Gasteiger partial charge in [-0.25, -0.2) is 0 Å². The Hall–Kier alpha value is -1.71. The fourth-order valence-corrected chi connectivity index (χ4v) is 1.29. The normalized spacial score (nSPS) is 10.9. The Morgan fingerprint density at radius 2 is 2.06 bits per heavy atom. The zero-order valence-corrected chi connectivity index (χ0v) is 10.0. The fraction of sp³-hybridized carbons (Fsp3) is 0.417. The number of nitrogens with one attached hydrogen (secondary N) is 2. The van der Waals surface area contributed by atoms with E-state index in [1.807, 2.05) is 32.9 Å². The number of anilines is 2. The quantitative estimate of drug-likeness (QED) is 0.679. The molecule has 1 amide bonds. The fourth-order valence-electron chi connectivity index (χ4n) is 1.29. The molecule has 0 bridgehead atoms. The largest absolute Gasteiger partial charge is 0.399 e. The number of carbonyl (C=O) groups excluding carboxylic acids is 1. The molecular formula is C12H19N3O. The van der Waals surface area contributed by atoms with Crippen molar-refractivity contribution in [1.29, 1.82) is 0 Å². The molecule has 0 aliphatic heterocycles. The van der Waals surface area contributed by atoms with E-state index >= 15 is 0 Å². The Bertz CT molecular complexity index is 369. The third kappa shape index (κ3) is 4.68. The molecule has 4 heteroatoms. The lowest BCUT2D eigenvalue weighted by atomic mass is 10.1. The van der Waals surface area contributed by atoms with Crippen LogP contribution in [0.5, 0.6) is 0 Å². The van der Waals surface area contributed by atoms with Crippen molar-refractivity contribution in [1.82, 2.24) is 5.32 Å². The van der Waals surface area contributed by atoms with Gasteiger partial charge in [0.1, 0.15) is 0 Å². The molecule has 0 unspecified atom stereocenters. The van der Waals surface area contributed by atoms with Crippen LogP contribution >= 0.6 is 0 Å². The molecule has 0 heterocycles. The summed E-state index contributed by atoms with van der Waals surface area (Å²) in [6.45, 7) is 6.10. The zero-order chi connectivity index (χ0) is 12.2. The van der Waals surface area contributed by atoms with E-state index < -0.39 is 0 Å². The Morgan fingerprint density at radius 3 is 2.62 bits per heavy atom. The van der Waals surface area contributed by atoms with Crippen molar-refractivity contribution in [3.05, 3.63) is 24.3 Å². The second-order valence-electron chi connectivity index (χ2n) is 4.78. The summed E-state index contributed by atoms with van der Waals surface area (Å²) in [5, 5.41) is 5.89. The summed E-state index contributed by atoms with van der Waals surface area (Å²) in [5.74, 6) is -0.0325. The van der Waals surface area contributed by atoms with Gasteiger partial charge in [-0.05, 0) is 39.0 Å². The maximum absolute atomic E-state index is 11.5. The van der Waals surface area contributed by atoms with Crippen molar-refractivity contribution in [3.63, 3.8) is 0 Å². The number of hydrogen-bond donors (Lipinski definition) is 3. The van der Waals surface area contributed by atoms with Crippen LogP contribution in [-0.2, 0) is 4.79 Å². The maximum atomic E-state index is 11.5. The lowest BCUT2D eigenvalue weighted by Gasteiger charge is -2.20. The summed E-state index contributed by atoms with van der Waals surface area (Å²) in [6.07, 6.45) is 0. The molecule has 1 aromatic rings. The summed E-state index contributed by atoms with van der Waals surface area (Å²) in [5.41, 5.74) is 6.96. The van der Waals surface area contributed by atoms with Crippen molar-refractivity contribution >= 4 is 17.3 Å².